The van der Waals surface area contributed by atoms with Gasteiger partial charge in [0.05, 0.1) is 17.1 Å². The normalized spacial score (nSPS) is 13.9. The standard InChI is InChI=1S/C21H16N2O/c1-14-11-12-16-15-7-3-6-10-19(15)24-21(16)20(14)23-13-22(2)17-8-4-5-9-18(17)23/h3-12H,1-2H3. The Kier molecular flexibility index (Phi) is 2.69. The molecule has 0 unspecified atom stereocenters. The Balaban J connectivity index is 1.83. The number of para-hydroxylation sites is 3. The van der Waals surface area contributed by atoms with Crippen LogP contribution in [-0.2, 0) is 0 Å². The molecule has 5 rings (SSSR count). The van der Waals surface area contributed by atoms with Crippen LogP contribution in [0.2, 0.25) is 0 Å². The van der Waals surface area contributed by atoms with Gasteiger partial charge in [-0.1, -0.05) is 42.5 Å². The number of rotatable bonds is 1. The van der Waals surface area contributed by atoms with Crippen molar-refractivity contribution >= 4 is 39.0 Å². The van der Waals surface area contributed by atoms with Gasteiger partial charge in [0.2, 0.25) is 6.67 Å². The van der Waals surface area contributed by atoms with E-state index < -0.39 is 0 Å². The summed E-state index contributed by atoms with van der Waals surface area (Å²) in [4.78, 5) is 4.13. The van der Waals surface area contributed by atoms with Gasteiger partial charge in [-0.3, -0.25) is 0 Å². The summed E-state index contributed by atoms with van der Waals surface area (Å²) in [6, 6.07) is 20.8. The molecule has 0 saturated carbocycles. The van der Waals surface area contributed by atoms with Gasteiger partial charge in [0.15, 0.2) is 5.58 Å². The van der Waals surface area contributed by atoms with E-state index in [1.54, 1.807) is 0 Å². The molecule has 3 aromatic carbocycles. The van der Waals surface area contributed by atoms with Crippen molar-refractivity contribution in [3.8, 4) is 0 Å². The molecular formula is C21H16N2O. The third-order valence-corrected chi connectivity index (χ3v) is 4.68. The highest BCUT2D eigenvalue weighted by atomic mass is 16.3. The van der Waals surface area contributed by atoms with Crippen LogP contribution in [0.5, 0.6) is 0 Å². The molecule has 0 spiro atoms. The molecule has 0 fully saturated rings. The quantitative estimate of drug-likeness (QED) is 0.464. The zero-order valence-electron chi connectivity index (χ0n) is 13.6. The van der Waals surface area contributed by atoms with Gasteiger partial charge < -0.3 is 14.2 Å². The second kappa shape index (κ2) is 4.78. The molecule has 4 aromatic rings. The lowest BCUT2D eigenvalue weighted by molar-refractivity contribution is 0.668. The van der Waals surface area contributed by atoms with Crippen LogP contribution in [0.15, 0.2) is 65.1 Å². The van der Waals surface area contributed by atoms with Crippen LogP contribution in [0.25, 0.3) is 21.9 Å². The molecule has 0 N–H and O–H groups in total. The molecular weight excluding hydrogens is 296 g/mol. The highest BCUT2D eigenvalue weighted by molar-refractivity contribution is 6.10. The van der Waals surface area contributed by atoms with Gasteiger partial charge in [0, 0.05) is 17.8 Å². The summed E-state index contributed by atoms with van der Waals surface area (Å²) in [6.07, 6.45) is 0. The molecule has 3 heteroatoms. The number of benzene rings is 3. The highest BCUT2D eigenvalue weighted by Crippen LogP contribution is 2.46. The lowest BCUT2D eigenvalue weighted by atomic mass is 10.1. The average molecular weight is 312 g/mol. The summed E-state index contributed by atoms with van der Waals surface area (Å²) in [7, 11) is 2.02. The average Bonchev–Trinajstić information content (AvgIpc) is 3.13. The summed E-state index contributed by atoms with van der Waals surface area (Å²) in [5, 5.41) is 2.29. The van der Waals surface area contributed by atoms with Gasteiger partial charge in [-0.05, 0) is 30.7 Å². The number of nitrogens with zero attached hydrogens (tertiary/aromatic N) is 2. The van der Waals surface area contributed by atoms with E-state index >= 15 is 0 Å². The zero-order valence-corrected chi connectivity index (χ0v) is 13.6. The SMILES string of the molecule is Cc1ccc2c(oc3ccccc32)c1N1[C]N(C)c2ccccc21. The highest BCUT2D eigenvalue weighted by Gasteiger charge is 2.29. The number of aryl methyl sites for hydroxylation is 1. The Labute approximate surface area is 140 Å². The molecule has 1 aromatic heterocycles. The van der Waals surface area contributed by atoms with Gasteiger partial charge >= 0.3 is 0 Å². The van der Waals surface area contributed by atoms with Crippen LogP contribution in [0.1, 0.15) is 5.56 Å². The molecule has 0 amide bonds. The van der Waals surface area contributed by atoms with Crippen LogP contribution >= 0.6 is 0 Å². The molecule has 0 aliphatic carbocycles. The lowest BCUT2D eigenvalue weighted by Gasteiger charge is -2.20. The Bertz CT molecular complexity index is 1080. The molecule has 2 radical (unpaired) electrons. The van der Waals surface area contributed by atoms with Gasteiger partial charge in [0.1, 0.15) is 5.58 Å². The maximum atomic E-state index is 6.23. The van der Waals surface area contributed by atoms with Crippen molar-refractivity contribution in [1.82, 2.24) is 0 Å². The second-order valence-electron chi connectivity index (χ2n) is 6.19. The van der Waals surface area contributed by atoms with Gasteiger partial charge in [-0.15, -0.1) is 0 Å². The third kappa shape index (κ3) is 1.72. The van der Waals surface area contributed by atoms with Crippen molar-refractivity contribution in [2.75, 3.05) is 16.8 Å². The third-order valence-electron chi connectivity index (χ3n) is 4.68. The van der Waals surface area contributed by atoms with Crippen molar-refractivity contribution < 1.29 is 4.42 Å². The number of anilines is 3. The molecule has 24 heavy (non-hydrogen) atoms. The Hall–Kier alpha value is -2.94. The minimum atomic E-state index is 0.911. The van der Waals surface area contributed by atoms with Crippen LogP contribution < -0.4 is 9.80 Å². The fourth-order valence-corrected chi connectivity index (χ4v) is 3.52. The topological polar surface area (TPSA) is 19.6 Å². The van der Waals surface area contributed by atoms with Gasteiger partial charge in [0.25, 0.3) is 0 Å². The fraction of sp³-hybridized carbons (Fsp3) is 0.0952. The number of hydrogen-bond acceptors (Lipinski definition) is 3. The molecule has 1 aliphatic heterocycles. The van der Waals surface area contributed by atoms with Crippen molar-refractivity contribution in [2.24, 2.45) is 0 Å². The predicted octanol–water partition coefficient (Wildman–Crippen LogP) is 5.48. The van der Waals surface area contributed by atoms with E-state index in [4.69, 9.17) is 4.42 Å². The summed E-state index contributed by atoms with van der Waals surface area (Å²) >= 11 is 0. The van der Waals surface area contributed by atoms with Crippen LogP contribution in [0, 0.1) is 13.6 Å². The summed E-state index contributed by atoms with van der Waals surface area (Å²) in [5.41, 5.74) is 6.31. The molecule has 1 aliphatic rings. The molecule has 0 saturated heterocycles. The van der Waals surface area contributed by atoms with E-state index in [2.05, 4.69) is 61.0 Å². The van der Waals surface area contributed by atoms with E-state index in [1.165, 1.54) is 5.56 Å². The first-order chi connectivity index (χ1) is 11.7. The molecule has 3 nitrogen and oxygen atoms in total. The van der Waals surface area contributed by atoms with Crippen molar-refractivity contribution in [2.45, 2.75) is 6.92 Å². The van der Waals surface area contributed by atoms with E-state index in [0.29, 0.717) is 0 Å². The Morgan fingerprint density at radius 2 is 1.58 bits per heavy atom. The monoisotopic (exact) mass is 312 g/mol. The van der Waals surface area contributed by atoms with E-state index in [0.717, 1.165) is 39.0 Å². The van der Waals surface area contributed by atoms with Gasteiger partial charge in [-0.2, -0.15) is 0 Å². The number of furan rings is 1. The lowest BCUT2D eigenvalue weighted by Crippen LogP contribution is -2.18. The predicted molar refractivity (Wildman–Crippen MR) is 98.7 cm³/mol. The molecule has 0 atom stereocenters. The fourth-order valence-electron chi connectivity index (χ4n) is 3.52. The van der Waals surface area contributed by atoms with E-state index in [9.17, 15) is 0 Å². The minimum absolute atomic E-state index is 0.911. The smallest absolute Gasteiger partial charge is 0.213 e. The van der Waals surface area contributed by atoms with E-state index in [-0.39, 0.29) is 0 Å². The van der Waals surface area contributed by atoms with Crippen molar-refractivity contribution in [3.63, 3.8) is 0 Å². The first-order valence-corrected chi connectivity index (χ1v) is 8.04. The Morgan fingerprint density at radius 1 is 0.833 bits per heavy atom. The Morgan fingerprint density at radius 3 is 2.46 bits per heavy atom. The molecule has 2 heterocycles. The summed E-state index contributed by atoms with van der Waals surface area (Å²) in [6.45, 7) is 5.54. The number of fused-ring (bicyclic) bond motifs is 4. The van der Waals surface area contributed by atoms with Crippen LogP contribution in [0.3, 0.4) is 0 Å². The van der Waals surface area contributed by atoms with Crippen molar-refractivity contribution in [3.05, 3.63) is 72.9 Å². The van der Waals surface area contributed by atoms with Crippen LogP contribution in [-0.4, -0.2) is 7.05 Å². The van der Waals surface area contributed by atoms with Gasteiger partial charge in [-0.25, -0.2) is 0 Å². The maximum Gasteiger partial charge on any atom is 0.213 e. The maximum absolute atomic E-state index is 6.23. The molecule has 116 valence electrons. The minimum Gasteiger partial charge on any atom is -0.454 e. The number of hydrogen-bond donors (Lipinski definition) is 0. The largest absolute Gasteiger partial charge is 0.454 e. The first-order valence-electron chi connectivity index (χ1n) is 8.04. The second-order valence-corrected chi connectivity index (χ2v) is 6.19. The summed E-state index contributed by atoms with van der Waals surface area (Å²) in [5.74, 6) is 0. The first kappa shape index (κ1) is 13.5. The summed E-state index contributed by atoms with van der Waals surface area (Å²) < 4.78 is 6.23. The van der Waals surface area contributed by atoms with Crippen LogP contribution in [0.4, 0.5) is 17.1 Å². The van der Waals surface area contributed by atoms with Crippen molar-refractivity contribution in [1.29, 1.82) is 0 Å². The molecule has 0 bridgehead atoms. The zero-order chi connectivity index (χ0) is 16.3. The van der Waals surface area contributed by atoms with E-state index in [1.807, 2.05) is 30.1 Å².